The number of rotatable bonds is 7. The summed E-state index contributed by atoms with van der Waals surface area (Å²) in [5.74, 6) is 2.59. The number of hydrogen-bond donors (Lipinski definition) is 2. The Hall–Kier alpha value is -4.43. The van der Waals surface area contributed by atoms with E-state index in [-0.39, 0.29) is 41.9 Å². The molecule has 3 atom stereocenters. The van der Waals surface area contributed by atoms with Crippen LogP contribution in [0.5, 0.6) is 11.8 Å². The zero-order valence-corrected chi connectivity index (χ0v) is 25.4. The second kappa shape index (κ2) is 12.9. The molecule has 2 saturated heterocycles. The van der Waals surface area contributed by atoms with Crippen molar-refractivity contribution in [3.8, 4) is 24.1 Å². The van der Waals surface area contributed by atoms with Crippen LogP contribution in [0.25, 0.3) is 10.8 Å². The van der Waals surface area contributed by atoms with Gasteiger partial charge >= 0.3 is 6.01 Å². The molecule has 3 aromatic rings. The molecule has 1 aromatic heterocycles. The van der Waals surface area contributed by atoms with Gasteiger partial charge < -0.3 is 25.0 Å². The highest BCUT2D eigenvalue weighted by Gasteiger charge is 2.32. The Labute approximate surface area is 261 Å². The molecule has 0 saturated carbocycles. The largest absolute Gasteiger partial charge is 0.508 e. The van der Waals surface area contributed by atoms with E-state index < -0.39 is 12.0 Å². The third-order valence-electron chi connectivity index (χ3n) is 9.08. The van der Waals surface area contributed by atoms with Crippen LogP contribution in [0.3, 0.4) is 0 Å². The summed E-state index contributed by atoms with van der Waals surface area (Å²) >= 11 is 0. The molecule has 3 aliphatic heterocycles. The number of fused-ring (bicyclic) bond motifs is 2. The summed E-state index contributed by atoms with van der Waals surface area (Å²) in [6.45, 7) is 6.43. The average molecular weight is 617 g/mol. The van der Waals surface area contributed by atoms with Crippen LogP contribution in [0.15, 0.2) is 36.9 Å². The smallest absolute Gasteiger partial charge is 0.318 e. The molecule has 1 amide bonds. The number of amides is 1. The van der Waals surface area contributed by atoms with Gasteiger partial charge in [-0.05, 0) is 62.7 Å². The first-order valence-electron chi connectivity index (χ1n) is 15.5. The van der Waals surface area contributed by atoms with Crippen molar-refractivity contribution >= 4 is 28.2 Å². The van der Waals surface area contributed by atoms with Gasteiger partial charge in [-0.1, -0.05) is 18.6 Å². The molecule has 3 aliphatic rings. The highest BCUT2D eigenvalue weighted by molar-refractivity contribution is 6.00. The summed E-state index contributed by atoms with van der Waals surface area (Å²) in [6.07, 6.45) is 9.84. The van der Waals surface area contributed by atoms with Gasteiger partial charge in [0.25, 0.3) is 0 Å². The lowest BCUT2D eigenvalue weighted by Crippen LogP contribution is -2.43. The number of likely N-dealkylation sites (tertiary alicyclic amines) is 1. The van der Waals surface area contributed by atoms with Gasteiger partial charge in [0, 0.05) is 61.0 Å². The van der Waals surface area contributed by atoms with Crippen molar-refractivity contribution in [3.63, 3.8) is 0 Å². The fourth-order valence-corrected chi connectivity index (χ4v) is 6.80. The number of terminal acetylenes is 1. The van der Waals surface area contributed by atoms with Crippen molar-refractivity contribution in [3.05, 3.63) is 59.6 Å². The molecule has 45 heavy (non-hydrogen) atoms. The number of benzene rings is 2. The Morgan fingerprint density at radius 2 is 2.09 bits per heavy atom. The minimum Gasteiger partial charge on any atom is -0.508 e. The number of carbonyl (C=O) groups excluding carboxylic acids is 1. The van der Waals surface area contributed by atoms with Crippen molar-refractivity contribution < 1.29 is 23.4 Å². The molecule has 9 nitrogen and oxygen atoms in total. The van der Waals surface area contributed by atoms with Crippen molar-refractivity contribution in [2.75, 3.05) is 49.6 Å². The van der Waals surface area contributed by atoms with E-state index in [1.165, 1.54) is 12.1 Å². The van der Waals surface area contributed by atoms with Gasteiger partial charge in [0.2, 0.25) is 5.91 Å². The number of anilines is 2. The van der Waals surface area contributed by atoms with E-state index in [1.54, 1.807) is 18.2 Å². The molecule has 0 aliphatic carbocycles. The van der Waals surface area contributed by atoms with E-state index in [0.717, 1.165) is 42.9 Å². The summed E-state index contributed by atoms with van der Waals surface area (Å²) in [4.78, 5) is 28.1. The van der Waals surface area contributed by atoms with E-state index in [0.29, 0.717) is 55.5 Å². The number of carbonyl (C=O) groups is 1. The van der Waals surface area contributed by atoms with Crippen molar-refractivity contribution in [2.45, 2.75) is 56.9 Å². The molecule has 0 radical (unpaired) electrons. The van der Waals surface area contributed by atoms with E-state index in [4.69, 9.17) is 21.1 Å². The lowest BCUT2D eigenvalue weighted by atomic mass is 9.98. The lowest BCUT2D eigenvalue weighted by Gasteiger charge is -2.35. The summed E-state index contributed by atoms with van der Waals surface area (Å²) < 4.78 is 35.0. The molecule has 11 heteroatoms. The van der Waals surface area contributed by atoms with E-state index in [1.807, 2.05) is 16.8 Å². The highest BCUT2D eigenvalue weighted by atomic mass is 19.1. The summed E-state index contributed by atoms with van der Waals surface area (Å²) in [5.41, 5.74) is 2.48. The van der Waals surface area contributed by atoms with Crippen LogP contribution >= 0.6 is 0 Å². The van der Waals surface area contributed by atoms with Gasteiger partial charge in [-0.2, -0.15) is 9.97 Å². The van der Waals surface area contributed by atoms with Crippen molar-refractivity contribution in [1.82, 2.24) is 20.2 Å². The van der Waals surface area contributed by atoms with Crippen LogP contribution in [0.4, 0.5) is 20.3 Å². The van der Waals surface area contributed by atoms with Crippen LogP contribution in [-0.2, 0) is 17.8 Å². The van der Waals surface area contributed by atoms with Crippen LogP contribution in [0.1, 0.15) is 42.5 Å². The fraction of sp³-hybridized carbons (Fsp3) is 0.441. The number of aromatic hydroxyl groups is 1. The van der Waals surface area contributed by atoms with Gasteiger partial charge in [-0.15, -0.1) is 6.42 Å². The van der Waals surface area contributed by atoms with Gasteiger partial charge in [-0.25, -0.2) is 8.78 Å². The Bertz CT molecular complexity index is 1660. The number of phenolic OH excluding ortho intramolecular Hbond substituents is 1. The summed E-state index contributed by atoms with van der Waals surface area (Å²) in [7, 11) is 1.88. The fourth-order valence-electron chi connectivity index (χ4n) is 6.80. The highest BCUT2D eigenvalue weighted by Crippen LogP contribution is 2.38. The normalized spacial score (nSPS) is 22.0. The number of hydrogen-bond acceptors (Lipinski definition) is 8. The predicted molar refractivity (Wildman–Crippen MR) is 170 cm³/mol. The Morgan fingerprint density at radius 1 is 1.24 bits per heavy atom. The molecule has 1 unspecified atom stereocenters. The summed E-state index contributed by atoms with van der Waals surface area (Å²) in [5, 5.41) is 14.8. The first-order chi connectivity index (χ1) is 21.7. The number of phenols is 1. The average Bonchev–Trinajstić information content (AvgIpc) is 3.19. The second-order valence-electron chi connectivity index (χ2n) is 12.1. The second-order valence-corrected chi connectivity index (χ2v) is 12.1. The number of likely N-dealkylation sites (N-methyl/N-ethyl adjacent to an activating group) is 1. The number of alkyl halides is 1. The van der Waals surface area contributed by atoms with Gasteiger partial charge in [0.1, 0.15) is 30.2 Å². The number of nitrogens with one attached hydrogen (secondary N) is 1. The van der Waals surface area contributed by atoms with Crippen LogP contribution in [0, 0.1) is 18.2 Å². The third-order valence-corrected chi connectivity index (χ3v) is 9.08. The molecule has 236 valence electrons. The molecule has 4 heterocycles. The molecular formula is C34H38F2N6O3. The monoisotopic (exact) mass is 616 g/mol. The quantitative estimate of drug-likeness (QED) is 0.303. The van der Waals surface area contributed by atoms with E-state index in [9.17, 15) is 18.7 Å². The molecule has 0 bridgehead atoms. The van der Waals surface area contributed by atoms with Crippen LogP contribution in [0.2, 0.25) is 0 Å². The van der Waals surface area contributed by atoms with Crippen LogP contribution < -0.4 is 19.9 Å². The van der Waals surface area contributed by atoms with Gasteiger partial charge in [-0.3, -0.25) is 9.69 Å². The zero-order chi connectivity index (χ0) is 31.7. The SMILES string of the molecule is C#Cc1c(F)ccc2cc(O)cc(N3CCc4c(nc(OC[C@@H]5C[C@@H](F)CN5C)nc4N4CCCCC(NC(=O)C=C)C4)C3)c12. The Morgan fingerprint density at radius 3 is 2.84 bits per heavy atom. The molecular weight excluding hydrogens is 578 g/mol. The number of aromatic nitrogens is 2. The first kappa shape index (κ1) is 30.6. The van der Waals surface area contributed by atoms with Crippen molar-refractivity contribution in [2.24, 2.45) is 0 Å². The Kier molecular flexibility index (Phi) is 8.76. The molecule has 2 aromatic carbocycles. The Balaban J connectivity index is 1.37. The standard InChI is InChI=1S/C34H38F2N6O3/c1-4-26-28(36)10-9-21-14-25(43)16-30(32(21)26)41-13-11-27-29(19-41)38-34(45-20-24-15-22(35)17-40(24)3)39-33(27)42-12-7-6-8-23(18-42)37-31(44)5-2/h1,5,9-10,14,16,22-24,43H,2,6-8,11-13,15,17-20H2,3H3,(H,37,44)/t22-,23?,24+/m1/s1. The topological polar surface area (TPSA) is 94.1 Å². The van der Waals surface area contributed by atoms with E-state index >= 15 is 0 Å². The minimum absolute atomic E-state index is 0.0503. The zero-order valence-electron chi connectivity index (χ0n) is 25.4. The van der Waals surface area contributed by atoms with Gasteiger partial charge in [0.15, 0.2) is 0 Å². The molecule has 2 fully saturated rings. The number of nitrogens with zero attached hydrogens (tertiary/aromatic N) is 5. The maximum Gasteiger partial charge on any atom is 0.318 e. The van der Waals surface area contributed by atoms with Gasteiger partial charge in [0.05, 0.1) is 17.8 Å². The number of ether oxygens (including phenoxy) is 1. The third kappa shape index (κ3) is 6.38. The first-order valence-corrected chi connectivity index (χ1v) is 15.5. The lowest BCUT2D eigenvalue weighted by molar-refractivity contribution is -0.117. The van der Waals surface area contributed by atoms with E-state index in [2.05, 4.69) is 22.7 Å². The molecule has 6 rings (SSSR count). The molecule has 0 spiro atoms. The minimum atomic E-state index is -0.896. The van der Waals surface area contributed by atoms with Crippen LogP contribution in [-0.4, -0.2) is 84.0 Å². The van der Waals surface area contributed by atoms with Crippen molar-refractivity contribution in [1.29, 1.82) is 0 Å². The predicted octanol–water partition coefficient (Wildman–Crippen LogP) is 4.10. The summed E-state index contributed by atoms with van der Waals surface area (Å²) in [6, 6.07) is 6.15. The maximum absolute atomic E-state index is 14.8. The molecule has 2 N–H and O–H groups in total. The number of halogens is 2. The maximum atomic E-state index is 14.8.